The minimum absolute atomic E-state index is 0.143. The number of hydrogen-bond acceptors (Lipinski definition) is 3. The van der Waals surface area contributed by atoms with E-state index < -0.39 is 6.10 Å². The molecule has 2 aromatic carbocycles. The van der Waals surface area contributed by atoms with Crippen LogP contribution < -0.4 is 14.8 Å². The number of benzene rings is 2. The Morgan fingerprint density at radius 1 is 1.12 bits per heavy atom. The highest BCUT2D eigenvalue weighted by molar-refractivity contribution is 5.80. The van der Waals surface area contributed by atoms with Crippen LogP contribution in [0.25, 0.3) is 0 Å². The maximum absolute atomic E-state index is 12.2. The van der Waals surface area contributed by atoms with Crippen molar-refractivity contribution in [2.75, 3.05) is 13.2 Å². The summed E-state index contributed by atoms with van der Waals surface area (Å²) in [5.41, 5.74) is 3.40. The molecule has 1 amide bonds. The van der Waals surface area contributed by atoms with E-state index in [0.29, 0.717) is 13.2 Å². The molecule has 2 rings (SSSR count). The number of aryl methyl sites for hydroxylation is 3. The molecule has 4 nitrogen and oxygen atoms in total. The first-order valence-corrected chi connectivity index (χ1v) is 8.73. The van der Waals surface area contributed by atoms with Gasteiger partial charge in [0, 0.05) is 0 Å². The molecular formula is C21H27NO3. The summed E-state index contributed by atoms with van der Waals surface area (Å²) in [4.78, 5) is 12.2. The van der Waals surface area contributed by atoms with Crippen LogP contribution in [-0.2, 0) is 11.2 Å². The molecule has 4 heteroatoms. The quantitative estimate of drug-likeness (QED) is 0.742. The Hall–Kier alpha value is -2.49. The lowest BCUT2D eigenvalue weighted by Gasteiger charge is -2.17. The summed E-state index contributed by atoms with van der Waals surface area (Å²) < 4.78 is 11.5. The van der Waals surface area contributed by atoms with E-state index in [1.807, 2.05) is 43.3 Å². The first-order chi connectivity index (χ1) is 12.0. The third kappa shape index (κ3) is 5.52. The van der Waals surface area contributed by atoms with Crippen molar-refractivity contribution in [3.63, 3.8) is 0 Å². The Balaban J connectivity index is 1.77. The van der Waals surface area contributed by atoms with E-state index in [9.17, 15) is 4.79 Å². The van der Waals surface area contributed by atoms with Gasteiger partial charge in [-0.15, -0.1) is 0 Å². The van der Waals surface area contributed by atoms with Crippen LogP contribution in [0, 0.1) is 13.8 Å². The first kappa shape index (κ1) is 18.8. The van der Waals surface area contributed by atoms with Crippen molar-refractivity contribution in [1.29, 1.82) is 0 Å². The normalized spacial score (nSPS) is 11.7. The smallest absolute Gasteiger partial charge is 0.260 e. The van der Waals surface area contributed by atoms with E-state index in [2.05, 4.69) is 25.2 Å². The van der Waals surface area contributed by atoms with Crippen molar-refractivity contribution < 1.29 is 14.3 Å². The summed E-state index contributed by atoms with van der Waals surface area (Å²) in [7, 11) is 0. The van der Waals surface area contributed by atoms with Crippen LogP contribution in [0.1, 0.15) is 30.5 Å². The summed E-state index contributed by atoms with van der Waals surface area (Å²) in [6.45, 7) is 8.75. The Labute approximate surface area is 150 Å². The van der Waals surface area contributed by atoms with E-state index in [0.717, 1.165) is 29.0 Å². The SMILES string of the molecule is CCc1ccccc1OC(C)C(=O)NCCOc1ccc(C)cc1C. The molecule has 2 aromatic rings. The standard InChI is InChI=1S/C21H27NO3/c1-5-18-8-6-7-9-20(18)25-17(4)21(23)22-12-13-24-19-11-10-15(2)14-16(19)3/h6-11,14,17H,5,12-13H2,1-4H3,(H,22,23). The summed E-state index contributed by atoms with van der Waals surface area (Å²) in [6.07, 6.45) is 0.322. The van der Waals surface area contributed by atoms with E-state index in [1.54, 1.807) is 6.92 Å². The number of rotatable bonds is 8. The lowest BCUT2D eigenvalue weighted by molar-refractivity contribution is -0.127. The monoisotopic (exact) mass is 341 g/mol. The van der Waals surface area contributed by atoms with Crippen molar-refractivity contribution in [3.8, 4) is 11.5 Å². The van der Waals surface area contributed by atoms with Gasteiger partial charge in [-0.3, -0.25) is 4.79 Å². The van der Waals surface area contributed by atoms with Crippen molar-refractivity contribution in [2.45, 2.75) is 40.2 Å². The predicted molar refractivity (Wildman–Crippen MR) is 100 cm³/mol. The number of amides is 1. The number of ether oxygens (including phenoxy) is 2. The third-order valence-corrected chi connectivity index (χ3v) is 4.02. The molecule has 1 atom stereocenters. The highest BCUT2D eigenvalue weighted by Crippen LogP contribution is 2.20. The number of hydrogen-bond donors (Lipinski definition) is 1. The first-order valence-electron chi connectivity index (χ1n) is 8.73. The van der Waals surface area contributed by atoms with Crippen LogP contribution in [0.5, 0.6) is 11.5 Å². The van der Waals surface area contributed by atoms with Gasteiger partial charge in [0.2, 0.25) is 0 Å². The molecule has 0 saturated heterocycles. The van der Waals surface area contributed by atoms with Crippen LogP contribution in [0.4, 0.5) is 0 Å². The molecule has 0 bridgehead atoms. The van der Waals surface area contributed by atoms with Crippen LogP contribution in [0.3, 0.4) is 0 Å². The molecule has 0 aliphatic heterocycles. The largest absolute Gasteiger partial charge is 0.491 e. The molecule has 0 aliphatic rings. The molecular weight excluding hydrogens is 314 g/mol. The Bertz CT molecular complexity index is 712. The van der Waals surface area contributed by atoms with E-state index in [4.69, 9.17) is 9.47 Å². The lowest BCUT2D eigenvalue weighted by Crippen LogP contribution is -2.38. The fourth-order valence-electron chi connectivity index (χ4n) is 2.60. The number of carbonyl (C=O) groups is 1. The second-order valence-corrected chi connectivity index (χ2v) is 6.13. The number of carbonyl (C=O) groups excluding carboxylic acids is 1. The summed E-state index contributed by atoms with van der Waals surface area (Å²) in [5.74, 6) is 1.47. The maximum atomic E-state index is 12.2. The summed E-state index contributed by atoms with van der Waals surface area (Å²) in [6, 6.07) is 13.8. The Morgan fingerprint density at radius 3 is 2.60 bits per heavy atom. The second-order valence-electron chi connectivity index (χ2n) is 6.13. The fraction of sp³-hybridized carbons (Fsp3) is 0.381. The van der Waals surface area contributed by atoms with Gasteiger partial charge in [-0.25, -0.2) is 0 Å². The van der Waals surface area contributed by atoms with Gasteiger partial charge in [0.05, 0.1) is 6.54 Å². The minimum Gasteiger partial charge on any atom is -0.491 e. The Morgan fingerprint density at radius 2 is 1.88 bits per heavy atom. The van der Waals surface area contributed by atoms with Crippen LogP contribution in [0.2, 0.25) is 0 Å². The molecule has 0 fully saturated rings. The van der Waals surface area contributed by atoms with Crippen LogP contribution in [0.15, 0.2) is 42.5 Å². The van der Waals surface area contributed by atoms with Gasteiger partial charge in [0.15, 0.2) is 6.10 Å². The molecule has 1 unspecified atom stereocenters. The molecule has 0 aliphatic carbocycles. The molecule has 0 spiro atoms. The highest BCUT2D eigenvalue weighted by Gasteiger charge is 2.15. The van der Waals surface area contributed by atoms with Gasteiger partial charge in [0.25, 0.3) is 5.91 Å². The molecule has 0 aromatic heterocycles. The zero-order valence-electron chi connectivity index (χ0n) is 15.5. The molecule has 0 saturated carbocycles. The van der Waals surface area contributed by atoms with Gasteiger partial charge in [-0.2, -0.15) is 0 Å². The molecule has 1 N–H and O–H groups in total. The summed E-state index contributed by atoms with van der Waals surface area (Å²) >= 11 is 0. The van der Waals surface area contributed by atoms with Gasteiger partial charge in [-0.05, 0) is 50.5 Å². The zero-order chi connectivity index (χ0) is 18.2. The number of nitrogens with one attached hydrogen (secondary N) is 1. The van der Waals surface area contributed by atoms with E-state index in [1.165, 1.54) is 5.56 Å². The third-order valence-electron chi connectivity index (χ3n) is 4.02. The van der Waals surface area contributed by atoms with Gasteiger partial charge in [0.1, 0.15) is 18.1 Å². The average Bonchev–Trinajstić information content (AvgIpc) is 2.60. The minimum atomic E-state index is -0.547. The average molecular weight is 341 g/mol. The second kappa shape index (κ2) is 9.11. The van der Waals surface area contributed by atoms with E-state index in [-0.39, 0.29) is 5.91 Å². The van der Waals surface area contributed by atoms with Crippen molar-refractivity contribution in [3.05, 3.63) is 59.2 Å². The maximum Gasteiger partial charge on any atom is 0.260 e. The lowest BCUT2D eigenvalue weighted by atomic mass is 10.1. The predicted octanol–water partition coefficient (Wildman–Crippen LogP) is 3.83. The molecule has 0 heterocycles. The molecule has 134 valence electrons. The van der Waals surface area contributed by atoms with Gasteiger partial charge < -0.3 is 14.8 Å². The van der Waals surface area contributed by atoms with Gasteiger partial charge in [-0.1, -0.05) is 42.8 Å². The highest BCUT2D eigenvalue weighted by atomic mass is 16.5. The van der Waals surface area contributed by atoms with Crippen LogP contribution >= 0.6 is 0 Å². The van der Waals surface area contributed by atoms with Crippen molar-refractivity contribution in [1.82, 2.24) is 5.32 Å². The Kier molecular flexibility index (Phi) is 6.87. The zero-order valence-corrected chi connectivity index (χ0v) is 15.5. The van der Waals surface area contributed by atoms with Crippen LogP contribution in [-0.4, -0.2) is 25.2 Å². The van der Waals surface area contributed by atoms with Crippen molar-refractivity contribution in [2.24, 2.45) is 0 Å². The topological polar surface area (TPSA) is 47.6 Å². The summed E-state index contributed by atoms with van der Waals surface area (Å²) in [5, 5.41) is 2.85. The fourth-order valence-corrected chi connectivity index (χ4v) is 2.60. The number of para-hydroxylation sites is 1. The van der Waals surface area contributed by atoms with Gasteiger partial charge >= 0.3 is 0 Å². The van der Waals surface area contributed by atoms with E-state index >= 15 is 0 Å². The molecule has 25 heavy (non-hydrogen) atoms. The molecule has 0 radical (unpaired) electrons. The van der Waals surface area contributed by atoms with Crippen molar-refractivity contribution >= 4 is 5.91 Å².